The van der Waals surface area contributed by atoms with Crippen LogP contribution in [0.2, 0.25) is 0 Å². The zero-order chi connectivity index (χ0) is 12.0. The van der Waals surface area contributed by atoms with E-state index in [0.717, 1.165) is 5.56 Å². The molecule has 90 valence electrons. The molecule has 5 heteroatoms. The summed E-state index contributed by atoms with van der Waals surface area (Å²) < 4.78 is 18.1. The summed E-state index contributed by atoms with van der Waals surface area (Å²) in [7, 11) is 1.54. The Labute approximate surface area is 94.2 Å². The summed E-state index contributed by atoms with van der Waals surface area (Å²) in [5.74, 6) is 0.329. The van der Waals surface area contributed by atoms with Crippen molar-refractivity contribution < 1.29 is 14.2 Å². The first-order valence-corrected chi connectivity index (χ1v) is 5.07. The maximum atomic E-state index is 13.0. The number of aliphatic hydroxyl groups excluding tert-OH is 1. The molecule has 0 saturated carbocycles. The van der Waals surface area contributed by atoms with Gasteiger partial charge in [-0.1, -0.05) is 0 Å². The zero-order valence-corrected chi connectivity index (χ0v) is 9.24. The van der Waals surface area contributed by atoms with Crippen molar-refractivity contribution in [2.24, 2.45) is 5.73 Å². The number of rotatable bonds is 6. The smallest absolute Gasteiger partial charge is 0.123 e. The van der Waals surface area contributed by atoms with Gasteiger partial charge in [0.2, 0.25) is 0 Å². The van der Waals surface area contributed by atoms with Gasteiger partial charge >= 0.3 is 0 Å². The second kappa shape index (κ2) is 6.42. The molecule has 0 heterocycles. The van der Waals surface area contributed by atoms with Gasteiger partial charge in [0.1, 0.15) is 11.6 Å². The van der Waals surface area contributed by atoms with Crippen LogP contribution in [0.5, 0.6) is 5.75 Å². The summed E-state index contributed by atoms with van der Waals surface area (Å²) >= 11 is 0. The highest BCUT2D eigenvalue weighted by Gasteiger charge is 2.05. The van der Waals surface area contributed by atoms with E-state index in [4.69, 9.17) is 15.6 Å². The summed E-state index contributed by atoms with van der Waals surface area (Å²) in [5.41, 5.74) is 6.25. The average molecular weight is 228 g/mol. The van der Waals surface area contributed by atoms with Crippen molar-refractivity contribution >= 4 is 0 Å². The fraction of sp³-hybridized carbons (Fsp3) is 0.455. The average Bonchev–Trinajstić information content (AvgIpc) is 2.29. The summed E-state index contributed by atoms with van der Waals surface area (Å²) in [4.78, 5) is 0. The van der Waals surface area contributed by atoms with Gasteiger partial charge in [0.25, 0.3) is 0 Å². The van der Waals surface area contributed by atoms with Crippen LogP contribution in [0.4, 0.5) is 4.39 Å². The van der Waals surface area contributed by atoms with E-state index in [0.29, 0.717) is 18.8 Å². The maximum absolute atomic E-state index is 13.0. The zero-order valence-electron chi connectivity index (χ0n) is 9.24. The molecule has 4 N–H and O–H groups in total. The lowest BCUT2D eigenvalue weighted by atomic mass is 10.2. The van der Waals surface area contributed by atoms with E-state index in [9.17, 15) is 4.39 Å². The van der Waals surface area contributed by atoms with Crippen LogP contribution in [-0.4, -0.2) is 31.4 Å². The molecule has 1 rings (SSSR count). The first-order valence-electron chi connectivity index (χ1n) is 5.07. The van der Waals surface area contributed by atoms with E-state index in [1.54, 1.807) is 6.07 Å². The van der Waals surface area contributed by atoms with E-state index >= 15 is 0 Å². The molecule has 1 aromatic carbocycles. The van der Waals surface area contributed by atoms with E-state index < -0.39 is 0 Å². The Hall–Kier alpha value is -1.17. The molecule has 0 aliphatic heterocycles. The van der Waals surface area contributed by atoms with Gasteiger partial charge in [-0.05, 0) is 18.2 Å². The molecule has 0 aromatic heterocycles. The number of nitrogens with one attached hydrogen (secondary N) is 1. The summed E-state index contributed by atoms with van der Waals surface area (Å²) in [6.45, 7) is 0.845. The predicted molar refractivity (Wildman–Crippen MR) is 59.7 cm³/mol. The lowest BCUT2D eigenvalue weighted by Crippen LogP contribution is -2.36. The van der Waals surface area contributed by atoms with Crippen LogP contribution < -0.4 is 15.8 Å². The SMILES string of the molecule is COc1ccc(F)cc1CNCC(N)CO. The minimum atomic E-state index is -0.306. The van der Waals surface area contributed by atoms with E-state index in [2.05, 4.69) is 5.32 Å². The fourth-order valence-corrected chi connectivity index (χ4v) is 1.34. The molecule has 0 bridgehead atoms. The lowest BCUT2D eigenvalue weighted by Gasteiger charge is -2.12. The Morgan fingerprint density at radius 1 is 1.56 bits per heavy atom. The lowest BCUT2D eigenvalue weighted by molar-refractivity contribution is 0.262. The largest absolute Gasteiger partial charge is 0.496 e. The van der Waals surface area contributed by atoms with Crippen LogP contribution in [0.15, 0.2) is 18.2 Å². The predicted octanol–water partition coefficient (Wildman–Crippen LogP) is 0.243. The van der Waals surface area contributed by atoms with Crippen molar-refractivity contribution in [2.45, 2.75) is 12.6 Å². The number of ether oxygens (including phenoxy) is 1. The van der Waals surface area contributed by atoms with Gasteiger partial charge in [0.15, 0.2) is 0 Å². The van der Waals surface area contributed by atoms with Gasteiger partial charge in [-0.3, -0.25) is 0 Å². The Morgan fingerprint density at radius 2 is 2.31 bits per heavy atom. The number of hydrogen-bond acceptors (Lipinski definition) is 4. The van der Waals surface area contributed by atoms with Crippen LogP contribution >= 0.6 is 0 Å². The molecule has 0 fully saturated rings. The Morgan fingerprint density at radius 3 is 2.94 bits per heavy atom. The number of hydrogen-bond donors (Lipinski definition) is 3. The third kappa shape index (κ3) is 3.77. The molecule has 0 spiro atoms. The van der Waals surface area contributed by atoms with Crippen LogP contribution in [-0.2, 0) is 6.54 Å². The van der Waals surface area contributed by atoms with Crippen molar-refractivity contribution in [3.63, 3.8) is 0 Å². The third-order valence-electron chi connectivity index (χ3n) is 2.20. The van der Waals surface area contributed by atoms with Crippen LogP contribution in [0.25, 0.3) is 0 Å². The van der Waals surface area contributed by atoms with Crippen molar-refractivity contribution in [2.75, 3.05) is 20.3 Å². The Kier molecular flexibility index (Phi) is 5.18. The van der Waals surface area contributed by atoms with Gasteiger partial charge in [0, 0.05) is 24.7 Å². The standard InChI is InChI=1S/C11H17FN2O2/c1-16-11-3-2-9(12)4-8(11)5-14-6-10(13)7-15/h2-4,10,14-15H,5-7,13H2,1H3. The number of nitrogens with two attached hydrogens (primary N) is 1. The van der Waals surface area contributed by atoms with E-state index in [-0.39, 0.29) is 18.5 Å². The number of benzene rings is 1. The molecule has 0 aliphatic carbocycles. The first kappa shape index (κ1) is 12.9. The number of aliphatic hydroxyl groups is 1. The minimum Gasteiger partial charge on any atom is -0.496 e. The van der Waals surface area contributed by atoms with Crippen molar-refractivity contribution in [3.05, 3.63) is 29.6 Å². The quantitative estimate of drug-likeness (QED) is 0.652. The van der Waals surface area contributed by atoms with E-state index in [1.165, 1.54) is 19.2 Å². The second-order valence-electron chi connectivity index (χ2n) is 3.53. The summed E-state index contributed by atoms with van der Waals surface area (Å²) in [6.07, 6.45) is 0. The monoisotopic (exact) mass is 228 g/mol. The Balaban J connectivity index is 2.55. The molecular formula is C11H17FN2O2. The molecule has 4 nitrogen and oxygen atoms in total. The van der Waals surface area contributed by atoms with Gasteiger partial charge in [-0.15, -0.1) is 0 Å². The van der Waals surface area contributed by atoms with Gasteiger partial charge in [-0.25, -0.2) is 4.39 Å². The molecule has 16 heavy (non-hydrogen) atoms. The number of methoxy groups -OCH3 is 1. The fourth-order valence-electron chi connectivity index (χ4n) is 1.34. The highest BCUT2D eigenvalue weighted by atomic mass is 19.1. The van der Waals surface area contributed by atoms with Crippen LogP contribution in [0.1, 0.15) is 5.56 Å². The molecule has 0 aliphatic rings. The van der Waals surface area contributed by atoms with Crippen molar-refractivity contribution in [1.29, 1.82) is 0 Å². The molecule has 1 aromatic rings. The topological polar surface area (TPSA) is 67.5 Å². The number of halogens is 1. The molecule has 0 saturated heterocycles. The molecule has 0 amide bonds. The third-order valence-corrected chi connectivity index (χ3v) is 2.20. The van der Waals surface area contributed by atoms with Gasteiger partial charge in [0.05, 0.1) is 13.7 Å². The van der Waals surface area contributed by atoms with Crippen LogP contribution in [0, 0.1) is 5.82 Å². The molecular weight excluding hydrogens is 211 g/mol. The highest BCUT2D eigenvalue weighted by Crippen LogP contribution is 2.18. The minimum absolute atomic E-state index is 0.0761. The van der Waals surface area contributed by atoms with Crippen LogP contribution in [0.3, 0.4) is 0 Å². The normalized spacial score (nSPS) is 12.5. The molecule has 1 atom stereocenters. The highest BCUT2D eigenvalue weighted by molar-refractivity contribution is 5.33. The first-order chi connectivity index (χ1) is 7.67. The van der Waals surface area contributed by atoms with Crippen molar-refractivity contribution in [3.8, 4) is 5.75 Å². The van der Waals surface area contributed by atoms with Gasteiger partial charge in [-0.2, -0.15) is 0 Å². The maximum Gasteiger partial charge on any atom is 0.123 e. The summed E-state index contributed by atoms with van der Waals surface area (Å²) in [5, 5.41) is 11.7. The van der Waals surface area contributed by atoms with Gasteiger partial charge < -0.3 is 20.9 Å². The van der Waals surface area contributed by atoms with Crippen molar-refractivity contribution in [1.82, 2.24) is 5.32 Å². The molecule has 1 unspecified atom stereocenters. The Bertz CT molecular complexity index is 334. The summed E-state index contributed by atoms with van der Waals surface area (Å²) in [6, 6.07) is 4.04. The second-order valence-corrected chi connectivity index (χ2v) is 3.53. The molecule has 0 radical (unpaired) electrons. The van der Waals surface area contributed by atoms with E-state index in [1.807, 2.05) is 0 Å².